The lowest BCUT2D eigenvalue weighted by Crippen LogP contribution is -1.94. The molecule has 0 spiro atoms. The predicted molar refractivity (Wildman–Crippen MR) is 30.8 cm³/mol. The Morgan fingerprint density at radius 3 is 1.71 bits per heavy atom. The molecule has 0 heterocycles. The van der Waals surface area contributed by atoms with Crippen molar-refractivity contribution in [2.24, 2.45) is 5.90 Å². The van der Waals surface area contributed by atoms with Gasteiger partial charge in [-0.25, -0.2) is 5.90 Å². The normalized spacial score (nSPS) is 6.86. The van der Waals surface area contributed by atoms with E-state index >= 15 is 0 Å². The van der Waals surface area contributed by atoms with Crippen molar-refractivity contribution in [2.75, 3.05) is 20.7 Å². The topological polar surface area (TPSA) is 47.3 Å². The summed E-state index contributed by atoms with van der Waals surface area (Å²) < 4.78 is 0. The average molecular weight is 106 g/mol. The second kappa shape index (κ2) is 16.9. The Bertz CT molecular complexity index is 17.2. The highest BCUT2D eigenvalue weighted by atomic mass is 16.6. The summed E-state index contributed by atoms with van der Waals surface area (Å²) in [5.74, 6) is 4.53. The molecule has 0 rings (SSSR count). The molecule has 0 aliphatic carbocycles. The van der Waals surface area contributed by atoms with E-state index in [0.29, 0.717) is 6.61 Å². The Kier molecular flexibility index (Phi) is 24.1. The molecule has 3 nitrogen and oxygen atoms in total. The minimum atomic E-state index is 0.597. The minimum absolute atomic E-state index is 0.597. The third-order valence-corrected chi connectivity index (χ3v) is 0.167. The molecule has 3 N–H and O–H groups in total. The second-order valence-electron chi connectivity index (χ2n) is 0.955. The molecule has 0 aliphatic rings. The first kappa shape index (κ1) is 9.99. The number of hydrogen-bond donors (Lipinski definition) is 2. The van der Waals surface area contributed by atoms with E-state index in [4.69, 9.17) is 0 Å². The Morgan fingerprint density at radius 2 is 1.71 bits per heavy atom. The summed E-state index contributed by atoms with van der Waals surface area (Å²) in [6.45, 7) is 2.43. The largest absolute Gasteiger partial charge is 0.323 e. The lowest BCUT2D eigenvalue weighted by molar-refractivity contribution is 0.152. The van der Waals surface area contributed by atoms with Crippen LogP contribution in [0.5, 0.6) is 0 Å². The van der Waals surface area contributed by atoms with E-state index in [1.165, 1.54) is 0 Å². The quantitative estimate of drug-likeness (QED) is 0.452. The molecule has 0 aromatic carbocycles. The zero-order valence-electron chi connectivity index (χ0n) is 5.19. The highest BCUT2D eigenvalue weighted by Crippen LogP contribution is 1.46. The van der Waals surface area contributed by atoms with Gasteiger partial charge in [0.15, 0.2) is 0 Å². The van der Waals surface area contributed by atoms with Gasteiger partial charge in [-0.2, -0.15) is 0 Å². The Hall–Kier alpha value is -0.120. The van der Waals surface area contributed by atoms with Crippen LogP contribution in [0.2, 0.25) is 0 Å². The molecule has 0 aromatic rings. The van der Waals surface area contributed by atoms with Gasteiger partial charge in [-0.1, -0.05) is 0 Å². The standard InChI is InChI=1S/C2H7NO.C2H7N/c1-2-4-3;1-3-2/h2-3H2,1H3;3H,1-2H3. The molecule has 7 heavy (non-hydrogen) atoms. The molecular weight excluding hydrogens is 92.1 g/mol. The second-order valence-corrected chi connectivity index (χ2v) is 0.955. The Morgan fingerprint density at radius 1 is 1.57 bits per heavy atom. The van der Waals surface area contributed by atoms with Gasteiger partial charge < -0.3 is 10.2 Å². The van der Waals surface area contributed by atoms with Gasteiger partial charge in [0.2, 0.25) is 0 Å². The molecule has 0 aromatic heterocycles. The van der Waals surface area contributed by atoms with E-state index < -0.39 is 0 Å². The fourth-order valence-corrected chi connectivity index (χ4v) is 0. The fraction of sp³-hybridized carbons (Fsp3) is 1.00. The molecule has 0 unspecified atom stereocenters. The van der Waals surface area contributed by atoms with Crippen LogP contribution in [0.15, 0.2) is 0 Å². The number of nitrogens with one attached hydrogen (secondary N) is 1. The maximum Gasteiger partial charge on any atom is 0.0651 e. The van der Waals surface area contributed by atoms with Crippen LogP contribution in [0.25, 0.3) is 0 Å². The maximum atomic E-state index is 4.53. The number of hydrogen-bond acceptors (Lipinski definition) is 3. The lowest BCUT2D eigenvalue weighted by Gasteiger charge is -1.76. The van der Waals surface area contributed by atoms with Gasteiger partial charge in [-0.15, -0.1) is 0 Å². The van der Waals surface area contributed by atoms with Gasteiger partial charge in [0, 0.05) is 0 Å². The van der Waals surface area contributed by atoms with Gasteiger partial charge in [-0.3, -0.25) is 0 Å². The predicted octanol–water partition coefficient (Wildman–Crippen LogP) is -0.268. The first-order valence-electron chi connectivity index (χ1n) is 2.23. The zero-order valence-corrected chi connectivity index (χ0v) is 5.19. The Labute approximate surface area is 44.8 Å². The minimum Gasteiger partial charge on any atom is -0.323 e. The summed E-state index contributed by atoms with van der Waals surface area (Å²) in [4.78, 5) is 4.04. The van der Waals surface area contributed by atoms with Crippen molar-refractivity contribution in [3.05, 3.63) is 0 Å². The molecule has 0 fully saturated rings. The van der Waals surface area contributed by atoms with E-state index in [1.807, 2.05) is 21.0 Å². The zero-order chi connectivity index (χ0) is 6.12. The molecule has 3 heteroatoms. The Balaban J connectivity index is 0. The molecule has 46 valence electrons. The van der Waals surface area contributed by atoms with Crippen molar-refractivity contribution in [1.29, 1.82) is 0 Å². The van der Waals surface area contributed by atoms with Crippen LogP contribution >= 0.6 is 0 Å². The summed E-state index contributed by atoms with van der Waals surface area (Å²) in [7, 11) is 3.75. The first-order valence-corrected chi connectivity index (χ1v) is 2.23. The fourth-order valence-electron chi connectivity index (χ4n) is 0. The molecule has 0 bridgehead atoms. The third-order valence-electron chi connectivity index (χ3n) is 0.167. The van der Waals surface area contributed by atoms with E-state index in [1.54, 1.807) is 0 Å². The van der Waals surface area contributed by atoms with Crippen LogP contribution in [0, 0.1) is 0 Å². The van der Waals surface area contributed by atoms with Crippen LogP contribution in [0.1, 0.15) is 6.92 Å². The first-order chi connectivity index (χ1) is 3.33. The van der Waals surface area contributed by atoms with Crippen LogP contribution in [-0.2, 0) is 4.84 Å². The maximum absolute atomic E-state index is 4.53. The van der Waals surface area contributed by atoms with Gasteiger partial charge in [0.05, 0.1) is 6.61 Å². The smallest absolute Gasteiger partial charge is 0.0651 e. The van der Waals surface area contributed by atoms with Crippen molar-refractivity contribution >= 4 is 0 Å². The molecule has 0 radical (unpaired) electrons. The molecule has 0 saturated heterocycles. The van der Waals surface area contributed by atoms with Crippen molar-refractivity contribution < 1.29 is 4.84 Å². The number of rotatable bonds is 1. The highest BCUT2D eigenvalue weighted by molar-refractivity contribution is 3.91. The van der Waals surface area contributed by atoms with Crippen molar-refractivity contribution in [1.82, 2.24) is 5.32 Å². The van der Waals surface area contributed by atoms with Gasteiger partial charge in [0.1, 0.15) is 0 Å². The lowest BCUT2D eigenvalue weighted by atomic mass is 10.9. The van der Waals surface area contributed by atoms with Crippen molar-refractivity contribution in [3.8, 4) is 0 Å². The van der Waals surface area contributed by atoms with E-state index in [0.717, 1.165) is 0 Å². The summed E-state index contributed by atoms with van der Waals surface area (Å²) in [6, 6.07) is 0. The van der Waals surface area contributed by atoms with Crippen molar-refractivity contribution in [3.63, 3.8) is 0 Å². The molecule has 0 aliphatic heterocycles. The highest BCUT2D eigenvalue weighted by Gasteiger charge is 1.52. The van der Waals surface area contributed by atoms with E-state index in [-0.39, 0.29) is 0 Å². The van der Waals surface area contributed by atoms with Gasteiger partial charge in [-0.05, 0) is 21.0 Å². The monoisotopic (exact) mass is 106 g/mol. The molecule has 0 saturated carbocycles. The van der Waals surface area contributed by atoms with E-state index in [9.17, 15) is 0 Å². The average Bonchev–Trinajstić information content (AvgIpc) is 1.69. The molecule has 0 amide bonds. The summed E-state index contributed by atoms with van der Waals surface area (Å²) in [5.41, 5.74) is 0. The number of nitrogens with two attached hydrogens (primary N) is 1. The summed E-state index contributed by atoms with van der Waals surface area (Å²) >= 11 is 0. The third kappa shape index (κ3) is 114. The SMILES string of the molecule is CCON.CNC. The van der Waals surface area contributed by atoms with Crippen LogP contribution in [0.4, 0.5) is 0 Å². The summed E-state index contributed by atoms with van der Waals surface area (Å²) in [5, 5.41) is 2.75. The molecular formula is C4H14N2O. The van der Waals surface area contributed by atoms with Crippen molar-refractivity contribution in [2.45, 2.75) is 6.92 Å². The summed E-state index contributed by atoms with van der Waals surface area (Å²) in [6.07, 6.45) is 0. The van der Waals surface area contributed by atoms with Gasteiger partial charge in [0.25, 0.3) is 0 Å². The molecule has 0 atom stereocenters. The van der Waals surface area contributed by atoms with E-state index in [2.05, 4.69) is 16.1 Å². The van der Waals surface area contributed by atoms with Crippen LogP contribution in [0.3, 0.4) is 0 Å². The van der Waals surface area contributed by atoms with Crippen LogP contribution in [-0.4, -0.2) is 20.7 Å². The van der Waals surface area contributed by atoms with Crippen LogP contribution < -0.4 is 11.2 Å². The van der Waals surface area contributed by atoms with Gasteiger partial charge >= 0.3 is 0 Å².